The van der Waals surface area contributed by atoms with Gasteiger partial charge in [-0.25, -0.2) is 4.39 Å². The first-order valence-corrected chi connectivity index (χ1v) is 7.29. The van der Waals surface area contributed by atoms with Gasteiger partial charge in [0.25, 0.3) is 5.91 Å². The van der Waals surface area contributed by atoms with Crippen LogP contribution in [0.5, 0.6) is 0 Å². The second-order valence-electron chi connectivity index (χ2n) is 4.46. The Balaban J connectivity index is 1.82. The zero-order valence-corrected chi connectivity index (χ0v) is 13.1. The molecule has 0 aliphatic carbocycles. The minimum atomic E-state index is -0.660. The van der Waals surface area contributed by atoms with E-state index < -0.39 is 24.3 Å². The number of halogens is 2. The van der Waals surface area contributed by atoms with E-state index in [1.54, 1.807) is 24.3 Å². The van der Waals surface area contributed by atoms with Crippen molar-refractivity contribution in [1.82, 2.24) is 0 Å². The summed E-state index contributed by atoms with van der Waals surface area (Å²) < 4.78 is 19.0. The Labute approximate surface area is 135 Å². The number of hydrogen-bond acceptors (Lipinski definition) is 3. The molecule has 0 saturated carbocycles. The molecule has 2 aromatic rings. The Morgan fingerprint density at radius 2 is 1.77 bits per heavy atom. The second-order valence-corrected chi connectivity index (χ2v) is 5.31. The minimum Gasteiger partial charge on any atom is -0.455 e. The number of amides is 1. The number of rotatable bonds is 5. The van der Waals surface area contributed by atoms with Crippen LogP contribution in [0.15, 0.2) is 53.0 Å². The number of nitrogens with one attached hydrogen (secondary N) is 1. The highest BCUT2D eigenvalue weighted by Gasteiger charge is 2.11. The number of esters is 1. The molecule has 6 heteroatoms. The summed E-state index contributed by atoms with van der Waals surface area (Å²) in [5, 5.41) is 2.60. The average molecular weight is 366 g/mol. The molecule has 22 heavy (non-hydrogen) atoms. The van der Waals surface area contributed by atoms with Gasteiger partial charge < -0.3 is 10.1 Å². The third-order valence-corrected chi connectivity index (χ3v) is 3.50. The van der Waals surface area contributed by atoms with E-state index in [0.29, 0.717) is 5.69 Å². The molecule has 0 bridgehead atoms. The number of ether oxygens (including phenoxy) is 1. The second kappa shape index (κ2) is 7.70. The summed E-state index contributed by atoms with van der Waals surface area (Å²) in [5.41, 5.74) is 0.816. The van der Waals surface area contributed by atoms with Crippen molar-refractivity contribution in [3.8, 4) is 0 Å². The molecule has 2 aromatic carbocycles. The monoisotopic (exact) mass is 365 g/mol. The fourth-order valence-electron chi connectivity index (χ4n) is 1.74. The molecule has 4 nitrogen and oxygen atoms in total. The molecule has 2 rings (SSSR count). The molecule has 0 unspecified atom stereocenters. The van der Waals surface area contributed by atoms with E-state index in [1.807, 2.05) is 6.07 Å². The number of benzene rings is 2. The van der Waals surface area contributed by atoms with Gasteiger partial charge in [0.2, 0.25) is 0 Å². The normalized spacial score (nSPS) is 10.1. The molecule has 114 valence electrons. The lowest BCUT2D eigenvalue weighted by molar-refractivity contribution is -0.146. The van der Waals surface area contributed by atoms with Crippen molar-refractivity contribution in [2.24, 2.45) is 0 Å². The van der Waals surface area contributed by atoms with Gasteiger partial charge in [0.15, 0.2) is 6.61 Å². The Morgan fingerprint density at radius 3 is 2.50 bits per heavy atom. The molecular weight excluding hydrogens is 353 g/mol. The van der Waals surface area contributed by atoms with Crippen molar-refractivity contribution in [2.75, 3.05) is 11.9 Å². The van der Waals surface area contributed by atoms with Crippen molar-refractivity contribution in [2.45, 2.75) is 6.42 Å². The quantitative estimate of drug-likeness (QED) is 0.827. The zero-order chi connectivity index (χ0) is 15.9. The molecule has 0 saturated heterocycles. The van der Waals surface area contributed by atoms with Crippen molar-refractivity contribution >= 4 is 33.5 Å². The topological polar surface area (TPSA) is 55.4 Å². The van der Waals surface area contributed by atoms with E-state index in [0.717, 1.165) is 4.47 Å². The largest absolute Gasteiger partial charge is 0.455 e. The fourth-order valence-corrected chi connectivity index (χ4v) is 2.13. The van der Waals surface area contributed by atoms with Crippen LogP contribution in [0.25, 0.3) is 0 Å². The standard InChI is InChI=1S/C16H13BrFNO3/c17-12-6-2-4-8-14(12)19-15(20)10-22-16(21)9-11-5-1-3-7-13(11)18/h1-8H,9-10H2,(H,19,20). The van der Waals surface area contributed by atoms with Gasteiger partial charge in [-0.15, -0.1) is 0 Å². The van der Waals surface area contributed by atoms with Gasteiger partial charge in [-0.1, -0.05) is 30.3 Å². The van der Waals surface area contributed by atoms with Gasteiger partial charge in [0.1, 0.15) is 5.82 Å². The Morgan fingerprint density at radius 1 is 1.09 bits per heavy atom. The van der Waals surface area contributed by atoms with Crippen LogP contribution in [0.4, 0.5) is 10.1 Å². The first-order chi connectivity index (χ1) is 10.6. The summed E-state index contributed by atoms with van der Waals surface area (Å²) in [6, 6.07) is 13.0. The van der Waals surface area contributed by atoms with Gasteiger partial charge in [-0.3, -0.25) is 9.59 Å². The van der Waals surface area contributed by atoms with E-state index in [9.17, 15) is 14.0 Å². The highest BCUT2D eigenvalue weighted by Crippen LogP contribution is 2.20. The number of carbonyl (C=O) groups is 2. The predicted molar refractivity (Wildman–Crippen MR) is 83.8 cm³/mol. The van der Waals surface area contributed by atoms with Crippen LogP contribution in [0.1, 0.15) is 5.56 Å². The molecule has 0 heterocycles. The Hall–Kier alpha value is -2.21. The predicted octanol–water partition coefficient (Wildman–Crippen LogP) is 3.31. The molecule has 0 spiro atoms. The molecule has 0 aliphatic rings. The third kappa shape index (κ3) is 4.66. The number of hydrogen-bond donors (Lipinski definition) is 1. The van der Waals surface area contributed by atoms with Crippen LogP contribution in [0.2, 0.25) is 0 Å². The van der Waals surface area contributed by atoms with Crippen LogP contribution in [-0.4, -0.2) is 18.5 Å². The maximum atomic E-state index is 13.4. The highest BCUT2D eigenvalue weighted by atomic mass is 79.9. The summed E-state index contributed by atoms with van der Waals surface area (Å²) in [6.07, 6.45) is -0.213. The Bertz CT molecular complexity index is 631. The first kappa shape index (κ1) is 16.2. The van der Waals surface area contributed by atoms with Gasteiger partial charge in [0, 0.05) is 4.47 Å². The molecule has 0 aromatic heterocycles. The maximum Gasteiger partial charge on any atom is 0.310 e. The highest BCUT2D eigenvalue weighted by molar-refractivity contribution is 9.10. The summed E-state index contributed by atoms with van der Waals surface area (Å²) in [7, 11) is 0. The third-order valence-electron chi connectivity index (χ3n) is 2.80. The van der Waals surface area contributed by atoms with Crippen molar-refractivity contribution in [3.05, 3.63) is 64.4 Å². The van der Waals surface area contributed by atoms with Crippen molar-refractivity contribution < 1.29 is 18.7 Å². The molecule has 0 radical (unpaired) electrons. The van der Waals surface area contributed by atoms with E-state index >= 15 is 0 Å². The van der Waals surface area contributed by atoms with Gasteiger partial charge in [-0.05, 0) is 39.7 Å². The van der Waals surface area contributed by atoms with Crippen LogP contribution < -0.4 is 5.32 Å². The summed E-state index contributed by atoms with van der Waals surface area (Å²) >= 11 is 3.29. The smallest absolute Gasteiger partial charge is 0.310 e. The van der Waals surface area contributed by atoms with E-state index in [2.05, 4.69) is 21.2 Å². The lowest BCUT2D eigenvalue weighted by Gasteiger charge is -2.08. The molecular formula is C16H13BrFNO3. The fraction of sp³-hybridized carbons (Fsp3) is 0.125. The van der Waals surface area contributed by atoms with E-state index in [4.69, 9.17) is 4.74 Å². The average Bonchev–Trinajstić information content (AvgIpc) is 2.50. The van der Waals surface area contributed by atoms with E-state index in [1.165, 1.54) is 18.2 Å². The molecule has 1 amide bonds. The van der Waals surface area contributed by atoms with Crippen molar-refractivity contribution in [3.63, 3.8) is 0 Å². The van der Waals surface area contributed by atoms with Crippen molar-refractivity contribution in [1.29, 1.82) is 0 Å². The molecule has 0 aliphatic heterocycles. The van der Waals surface area contributed by atoms with Crippen LogP contribution in [-0.2, 0) is 20.7 Å². The van der Waals surface area contributed by atoms with E-state index in [-0.39, 0.29) is 12.0 Å². The summed E-state index contributed by atoms with van der Waals surface area (Å²) in [4.78, 5) is 23.3. The molecule has 1 N–H and O–H groups in total. The van der Waals surface area contributed by atoms with Crippen LogP contribution >= 0.6 is 15.9 Å². The lowest BCUT2D eigenvalue weighted by atomic mass is 10.1. The summed E-state index contributed by atoms with van der Waals surface area (Å²) in [6.45, 7) is -0.422. The number of anilines is 1. The molecule has 0 fully saturated rings. The number of carbonyl (C=O) groups excluding carboxylic acids is 2. The lowest BCUT2D eigenvalue weighted by Crippen LogP contribution is -2.22. The van der Waals surface area contributed by atoms with Gasteiger partial charge in [0.05, 0.1) is 12.1 Å². The maximum absolute atomic E-state index is 13.4. The van der Waals surface area contributed by atoms with Crippen LogP contribution in [0.3, 0.4) is 0 Å². The first-order valence-electron chi connectivity index (χ1n) is 6.49. The number of para-hydroxylation sites is 1. The van der Waals surface area contributed by atoms with Crippen LogP contribution in [0, 0.1) is 5.82 Å². The summed E-state index contributed by atoms with van der Waals surface area (Å²) in [5.74, 6) is -1.60. The SMILES string of the molecule is O=C(COC(=O)Cc1ccccc1F)Nc1ccccc1Br. The van der Waals surface area contributed by atoms with Gasteiger partial charge in [-0.2, -0.15) is 0 Å². The molecule has 0 atom stereocenters. The minimum absolute atomic E-state index is 0.213. The van der Waals surface area contributed by atoms with Gasteiger partial charge >= 0.3 is 5.97 Å². The zero-order valence-electron chi connectivity index (χ0n) is 11.5. The Kier molecular flexibility index (Phi) is 5.66.